The van der Waals surface area contributed by atoms with Gasteiger partial charge in [-0.05, 0) is 29.8 Å². The number of amides is 1. The Bertz CT molecular complexity index is 653. The number of anilines is 1. The predicted octanol–water partition coefficient (Wildman–Crippen LogP) is 1.97. The summed E-state index contributed by atoms with van der Waals surface area (Å²) in [5.41, 5.74) is 7.81. The van der Waals surface area contributed by atoms with E-state index in [1.54, 1.807) is 18.2 Å². The molecule has 0 atom stereocenters. The lowest BCUT2D eigenvalue weighted by molar-refractivity contribution is 0.0940. The highest BCUT2D eigenvalue weighted by Crippen LogP contribution is 2.33. The molecule has 0 saturated heterocycles. The summed E-state index contributed by atoms with van der Waals surface area (Å²) in [6.07, 6.45) is 0. The molecule has 1 heterocycles. The number of benzene rings is 2. The van der Waals surface area contributed by atoms with Gasteiger partial charge in [-0.1, -0.05) is 18.2 Å². The monoisotopic (exact) mass is 284 g/mol. The zero-order valence-corrected chi connectivity index (χ0v) is 11.5. The Morgan fingerprint density at radius 3 is 2.67 bits per heavy atom. The van der Waals surface area contributed by atoms with Crippen LogP contribution in [-0.4, -0.2) is 19.1 Å². The highest BCUT2D eigenvalue weighted by molar-refractivity contribution is 5.97. The molecule has 0 aliphatic carbocycles. The van der Waals surface area contributed by atoms with Gasteiger partial charge >= 0.3 is 0 Å². The van der Waals surface area contributed by atoms with Crippen molar-refractivity contribution in [3.63, 3.8) is 0 Å². The minimum absolute atomic E-state index is 0.186. The molecule has 0 saturated carbocycles. The second-order valence-corrected chi connectivity index (χ2v) is 4.75. The van der Waals surface area contributed by atoms with Gasteiger partial charge in [-0.15, -0.1) is 0 Å². The van der Waals surface area contributed by atoms with Crippen molar-refractivity contribution >= 4 is 11.6 Å². The molecule has 0 spiro atoms. The average molecular weight is 284 g/mol. The average Bonchev–Trinajstić information content (AvgIpc) is 2.53. The van der Waals surface area contributed by atoms with Crippen LogP contribution >= 0.6 is 0 Å². The van der Waals surface area contributed by atoms with Gasteiger partial charge in [0.25, 0.3) is 5.91 Å². The molecule has 5 heteroatoms. The summed E-state index contributed by atoms with van der Waals surface area (Å²) in [5.74, 6) is 0.939. The number of rotatable bonds is 3. The van der Waals surface area contributed by atoms with Crippen LogP contribution in [0.15, 0.2) is 42.5 Å². The van der Waals surface area contributed by atoms with E-state index in [1.165, 1.54) is 0 Å². The number of carbonyl (C=O) groups excluding carboxylic acids is 1. The number of fused-ring (bicyclic) bond motifs is 1. The van der Waals surface area contributed by atoms with Crippen molar-refractivity contribution in [2.45, 2.75) is 6.54 Å². The number of nitrogen functional groups attached to an aromatic ring is 1. The lowest BCUT2D eigenvalue weighted by Gasteiger charge is -2.20. The van der Waals surface area contributed by atoms with Crippen molar-refractivity contribution in [2.75, 3.05) is 18.9 Å². The van der Waals surface area contributed by atoms with Crippen molar-refractivity contribution in [3.8, 4) is 11.5 Å². The van der Waals surface area contributed by atoms with Crippen LogP contribution in [-0.2, 0) is 6.54 Å². The standard InChI is InChI=1S/C16H16N2O3/c17-12-6-4-11(5-7-12)10-18-16(19)13-2-1-3-14-15(13)21-9-8-20-14/h1-7H,8-10,17H2,(H,18,19). The van der Waals surface area contributed by atoms with E-state index < -0.39 is 0 Å². The molecule has 0 radical (unpaired) electrons. The summed E-state index contributed by atoms with van der Waals surface area (Å²) >= 11 is 0. The summed E-state index contributed by atoms with van der Waals surface area (Å²) in [7, 11) is 0. The molecule has 3 rings (SSSR count). The van der Waals surface area contributed by atoms with Gasteiger partial charge in [-0.2, -0.15) is 0 Å². The van der Waals surface area contributed by atoms with Crippen molar-refractivity contribution in [1.82, 2.24) is 5.32 Å². The van der Waals surface area contributed by atoms with E-state index in [9.17, 15) is 4.79 Å². The van der Waals surface area contributed by atoms with Gasteiger partial charge in [0.05, 0.1) is 5.56 Å². The SMILES string of the molecule is Nc1ccc(CNC(=O)c2cccc3c2OCCO3)cc1. The normalized spacial score (nSPS) is 12.8. The van der Waals surface area contributed by atoms with Crippen LogP contribution in [0.1, 0.15) is 15.9 Å². The van der Waals surface area contributed by atoms with E-state index in [1.807, 2.05) is 24.3 Å². The number of para-hydroxylation sites is 1. The van der Waals surface area contributed by atoms with Gasteiger partial charge in [0.1, 0.15) is 13.2 Å². The summed E-state index contributed by atoms with van der Waals surface area (Å²) in [6.45, 7) is 1.39. The van der Waals surface area contributed by atoms with Crippen LogP contribution in [0.3, 0.4) is 0 Å². The molecule has 3 N–H and O–H groups in total. The molecular weight excluding hydrogens is 268 g/mol. The van der Waals surface area contributed by atoms with Gasteiger partial charge in [0.2, 0.25) is 0 Å². The Hall–Kier alpha value is -2.69. The second-order valence-electron chi connectivity index (χ2n) is 4.75. The summed E-state index contributed by atoms with van der Waals surface area (Å²) < 4.78 is 11.0. The van der Waals surface area contributed by atoms with Crippen molar-refractivity contribution in [2.24, 2.45) is 0 Å². The van der Waals surface area contributed by atoms with E-state index in [0.29, 0.717) is 42.5 Å². The molecule has 1 amide bonds. The molecule has 0 unspecified atom stereocenters. The Kier molecular flexibility index (Phi) is 3.64. The molecule has 21 heavy (non-hydrogen) atoms. The van der Waals surface area contributed by atoms with Crippen LogP contribution in [0.2, 0.25) is 0 Å². The molecule has 2 aromatic rings. The summed E-state index contributed by atoms with van der Waals surface area (Å²) in [6, 6.07) is 12.7. The largest absolute Gasteiger partial charge is 0.486 e. The van der Waals surface area contributed by atoms with Crippen LogP contribution in [0.25, 0.3) is 0 Å². The Morgan fingerprint density at radius 1 is 1.10 bits per heavy atom. The van der Waals surface area contributed by atoms with Crippen LogP contribution in [0.5, 0.6) is 11.5 Å². The van der Waals surface area contributed by atoms with E-state index in [2.05, 4.69) is 5.32 Å². The molecule has 108 valence electrons. The third kappa shape index (κ3) is 2.91. The van der Waals surface area contributed by atoms with E-state index in [0.717, 1.165) is 5.56 Å². The van der Waals surface area contributed by atoms with Gasteiger partial charge in [0.15, 0.2) is 11.5 Å². The number of nitrogens with one attached hydrogen (secondary N) is 1. The maximum atomic E-state index is 12.3. The zero-order chi connectivity index (χ0) is 14.7. The van der Waals surface area contributed by atoms with E-state index in [4.69, 9.17) is 15.2 Å². The Labute approximate surface area is 122 Å². The highest BCUT2D eigenvalue weighted by Gasteiger charge is 2.19. The zero-order valence-electron chi connectivity index (χ0n) is 11.5. The Morgan fingerprint density at radius 2 is 1.86 bits per heavy atom. The van der Waals surface area contributed by atoms with Gasteiger partial charge in [-0.3, -0.25) is 4.79 Å². The first kappa shape index (κ1) is 13.3. The molecule has 1 aliphatic rings. The number of hydrogen-bond acceptors (Lipinski definition) is 4. The third-order valence-corrected chi connectivity index (χ3v) is 3.24. The second kappa shape index (κ2) is 5.75. The summed E-state index contributed by atoms with van der Waals surface area (Å²) in [4.78, 5) is 12.3. The third-order valence-electron chi connectivity index (χ3n) is 3.24. The van der Waals surface area contributed by atoms with E-state index >= 15 is 0 Å². The van der Waals surface area contributed by atoms with Gasteiger partial charge in [-0.25, -0.2) is 0 Å². The van der Waals surface area contributed by atoms with Crippen LogP contribution in [0, 0.1) is 0 Å². The number of carbonyl (C=O) groups is 1. The topological polar surface area (TPSA) is 73.6 Å². The minimum atomic E-state index is -0.186. The molecule has 1 aliphatic heterocycles. The predicted molar refractivity (Wildman–Crippen MR) is 79.5 cm³/mol. The van der Waals surface area contributed by atoms with Crippen LogP contribution < -0.4 is 20.5 Å². The lowest BCUT2D eigenvalue weighted by atomic mass is 10.1. The maximum Gasteiger partial charge on any atom is 0.255 e. The molecule has 0 aromatic heterocycles. The molecule has 2 aromatic carbocycles. The van der Waals surface area contributed by atoms with Crippen molar-refractivity contribution < 1.29 is 14.3 Å². The first-order valence-corrected chi connectivity index (χ1v) is 6.75. The maximum absolute atomic E-state index is 12.3. The fourth-order valence-electron chi connectivity index (χ4n) is 2.17. The summed E-state index contributed by atoms with van der Waals surface area (Å²) in [5, 5.41) is 2.87. The Balaban J connectivity index is 1.72. The molecule has 0 bridgehead atoms. The molecule has 0 fully saturated rings. The number of nitrogens with two attached hydrogens (primary N) is 1. The highest BCUT2D eigenvalue weighted by atomic mass is 16.6. The first-order valence-electron chi connectivity index (χ1n) is 6.75. The van der Waals surface area contributed by atoms with Crippen molar-refractivity contribution in [1.29, 1.82) is 0 Å². The number of hydrogen-bond donors (Lipinski definition) is 2. The lowest BCUT2D eigenvalue weighted by Crippen LogP contribution is -2.25. The van der Waals surface area contributed by atoms with Crippen molar-refractivity contribution in [3.05, 3.63) is 53.6 Å². The van der Waals surface area contributed by atoms with Gasteiger partial charge < -0.3 is 20.5 Å². The smallest absolute Gasteiger partial charge is 0.255 e. The first-order chi connectivity index (χ1) is 10.2. The van der Waals surface area contributed by atoms with E-state index in [-0.39, 0.29) is 5.91 Å². The fourth-order valence-corrected chi connectivity index (χ4v) is 2.17. The minimum Gasteiger partial charge on any atom is -0.486 e. The number of ether oxygens (including phenoxy) is 2. The quantitative estimate of drug-likeness (QED) is 0.845. The van der Waals surface area contributed by atoms with Crippen LogP contribution in [0.4, 0.5) is 5.69 Å². The fraction of sp³-hybridized carbons (Fsp3) is 0.188. The molecular formula is C16H16N2O3. The van der Waals surface area contributed by atoms with Gasteiger partial charge in [0, 0.05) is 12.2 Å². The molecule has 5 nitrogen and oxygen atoms in total.